The van der Waals surface area contributed by atoms with E-state index in [1.165, 1.54) is 0 Å². The first kappa shape index (κ1) is 12.7. The van der Waals surface area contributed by atoms with Crippen LogP contribution in [0.4, 0.5) is 0 Å². The van der Waals surface area contributed by atoms with Gasteiger partial charge < -0.3 is 0 Å². The van der Waals surface area contributed by atoms with Crippen molar-refractivity contribution in [2.45, 2.75) is 0 Å². The molecule has 0 aliphatic rings. The number of hydrogen-bond acceptors (Lipinski definition) is 3. The summed E-state index contributed by atoms with van der Waals surface area (Å²) in [6, 6.07) is 8.80. The van der Waals surface area contributed by atoms with Gasteiger partial charge in [0.2, 0.25) is 0 Å². The first-order valence-corrected chi connectivity index (χ1v) is 4.40. The standard InChI is InChI=1S/C8H8O3P.Na/c1-2-10-12(9)11-8-6-4-3-5-7-8;/h2-7H,1H2;/q+1;. The molecule has 0 saturated carbocycles. The minimum absolute atomic E-state index is 0. The molecular weight excluding hydrogens is 198 g/mol. The van der Waals surface area contributed by atoms with Crippen molar-refractivity contribution in [3.63, 3.8) is 0 Å². The normalized spacial score (nSPS) is 9.38. The SMILES string of the molecule is C=CO[P+](=O)Oc1ccccc1.[Na]. The van der Waals surface area contributed by atoms with Gasteiger partial charge in [-0.25, -0.2) is 9.05 Å². The van der Waals surface area contributed by atoms with Crippen LogP contribution in [-0.4, -0.2) is 29.6 Å². The van der Waals surface area contributed by atoms with Crippen LogP contribution in [-0.2, 0) is 9.09 Å². The van der Waals surface area contributed by atoms with E-state index >= 15 is 0 Å². The summed E-state index contributed by atoms with van der Waals surface area (Å²) in [5.74, 6) is 0.514. The molecule has 0 spiro atoms. The van der Waals surface area contributed by atoms with Crippen molar-refractivity contribution in [1.82, 2.24) is 0 Å². The second kappa shape index (κ2) is 7.10. The maximum atomic E-state index is 10.8. The molecule has 1 aromatic rings. The van der Waals surface area contributed by atoms with E-state index in [1.807, 2.05) is 6.07 Å². The van der Waals surface area contributed by atoms with Crippen molar-refractivity contribution in [2.75, 3.05) is 0 Å². The number of para-hydroxylation sites is 1. The topological polar surface area (TPSA) is 35.5 Å². The summed E-state index contributed by atoms with van der Waals surface area (Å²) in [5, 5.41) is 0. The van der Waals surface area contributed by atoms with Gasteiger partial charge in [-0.15, -0.1) is 0 Å². The summed E-state index contributed by atoms with van der Waals surface area (Å²) in [6.07, 6.45) is 1.08. The molecule has 0 aliphatic heterocycles. The van der Waals surface area contributed by atoms with E-state index in [1.54, 1.807) is 24.3 Å². The third-order valence-electron chi connectivity index (χ3n) is 1.08. The van der Waals surface area contributed by atoms with Gasteiger partial charge in [-0.1, -0.05) is 24.8 Å². The molecule has 13 heavy (non-hydrogen) atoms. The van der Waals surface area contributed by atoms with E-state index in [-0.39, 0.29) is 29.6 Å². The van der Waals surface area contributed by atoms with Crippen LogP contribution in [0.25, 0.3) is 0 Å². The summed E-state index contributed by atoms with van der Waals surface area (Å²) in [6.45, 7) is 3.26. The molecular formula is C8H8NaO3P+. The molecule has 0 bridgehead atoms. The van der Waals surface area contributed by atoms with Gasteiger partial charge in [-0.3, -0.25) is 0 Å². The molecule has 5 heteroatoms. The van der Waals surface area contributed by atoms with Gasteiger partial charge in [0.05, 0.1) is 0 Å². The van der Waals surface area contributed by atoms with E-state index < -0.39 is 8.25 Å². The predicted octanol–water partition coefficient (Wildman–Crippen LogP) is 2.50. The van der Waals surface area contributed by atoms with Crippen molar-refractivity contribution < 1.29 is 13.6 Å². The van der Waals surface area contributed by atoms with Crippen LogP contribution >= 0.6 is 8.25 Å². The largest absolute Gasteiger partial charge is 0.804 e. The van der Waals surface area contributed by atoms with Crippen LogP contribution in [0.1, 0.15) is 0 Å². The van der Waals surface area contributed by atoms with Gasteiger partial charge >= 0.3 is 8.25 Å². The van der Waals surface area contributed by atoms with Crippen LogP contribution in [0.5, 0.6) is 5.75 Å². The third-order valence-corrected chi connectivity index (χ3v) is 1.76. The number of hydrogen-bond donors (Lipinski definition) is 0. The minimum Gasteiger partial charge on any atom is -0.231 e. The Bertz CT molecular complexity index is 276. The maximum Gasteiger partial charge on any atom is 0.804 e. The molecule has 3 nitrogen and oxygen atoms in total. The third kappa shape index (κ3) is 5.06. The number of rotatable bonds is 4. The Kier molecular flexibility index (Phi) is 6.92. The van der Waals surface area contributed by atoms with Crippen LogP contribution in [0, 0.1) is 0 Å². The van der Waals surface area contributed by atoms with Crippen LogP contribution in [0.3, 0.4) is 0 Å². The van der Waals surface area contributed by atoms with E-state index in [0.29, 0.717) is 5.75 Å². The average Bonchev–Trinajstić information content (AvgIpc) is 2.06. The molecule has 1 radical (unpaired) electrons. The molecule has 0 N–H and O–H groups in total. The Morgan fingerprint density at radius 1 is 1.31 bits per heavy atom. The van der Waals surface area contributed by atoms with Gasteiger partial charge in [0.25, 0.3) is 0 Å². The molecule has 0 amide bonds. The minimum atomic E-state index is -2.12. The zero-order valence-electron chi connectivity index (χ0n) is 7.34. The Labute approximate surface area is 100.0 Å². The Hall–Kier alpha value is -0.340. The Morgan fingerprint density at radius 3 is 2.46 bits per heavy atom. The smallest absolute Gasteiger partial charge is 0.231 e. The van der Waals surface area contributed by atoms with E-state index in [0.717, 1.165) is 6.26 Å². The van der Waals surface area contributed by atoms with E-state index in [9.17, 15) is 4.57 Å². The van der Waals surface area contributed by atoms with Gasteiger partial charge in [-0.05, 0) is 12.1 Å². The Morgan fingerprint density at radius 2 is 1.92 bits per heavy atom. The zero-order chi connectivity index (χ0) is 8.81. The monoisotopic (exact) mass is 206 g/mol. The fourth-order valence-electron chi connectivity index (χ4n) is 0.650. The fourth-order valence-corrected chi connectivity index (χ4v) is 1.11. The fraction of sp³-hybridized carbons (Fsp3) is 0. The molecule has 63 valence electrons. The zero-order valence-corrected chi connectivity index (χ0v) is 10.2. The van der Waals surface area contributed by atoms with Crippen LogP contribution < -0.4 is 4.52 Å². The molecule has 0 aromatic heterocycles. The summed E-state index contributed by atoms with van der Waals surface area (Å²) in [7, 11) is -2.12. The van der Waals surface area contributed by atoms with Crippen molar-refractivity contribution in [2.24, 2.45) is 0 Å². The molecule has 0 saturated heterocycles. The van der Waals surface area contributed by atoms with E-state index in [4.69, 9.17) is 4.52 Å². The van der Waals surface area contributed by atoms with Crippen LogP contribution in [0.2, 0.25) is 0 Å². The first-order valence-electron chi connectivity index (χ1n) is 3.31. The van der Waals surface area contributed by atoms with Gasteiger partial charge in [-0.2, -0.15) is 0 Å². The van der Waals surface area contributed by atoms with Crippen molar-refractivity contribution in [1.29, 1.82) is 0 Å². The van der Waals surface area contributed by atoms with E-state index in [2.05, 4.69) is 11.1 Å². The first-order chi connectivity index (χ1) is 5.83. The van der Waals surface area contributed by atoms with Crippen molar-refractivity contribution in [3.05, 3.63) is 43.2 Å². The molecule has 1 rings (SSSR count). The maximum absolute atomic E-state index is 10.8. The molecule has 0 aliphatic carbocycles. The number of benzene rings is 1. The molecule has 0 fully saturated rings. The summed E-state index contributed by atoms with van der Waals surface area (Å²) < 4.78 is 20.2. The average molecular weight is 206 g/mol. The summed E-state index contributed by atoms with van der Waals surface area (Å²) in [5.41, 5.74) is 0. The second-order valence-electron chi connectivity index (χ2n) is 1.90. The van der Waals surface area contributed by atoms with Gasteiger partial charge in [0, 0.05) is 34.1 Å². The van der Waals surface area contributed by atoms with Gasteiger partial charge in [0.15, 0.2) is 5.75 Å². The van der Waals surface area contributed by atoms with Crippen molar-refractivity contribution in [3.8, 4) is 5.75 Å². The quantitative estimate of drug-likeness (QED) is 0.431. The predicted molar refractivity (Wildman–Crippen MR) is 51.7 cm³/mol. The summed E-state index contributed by atoms with van der Waals surface area (Å²) >= 11 is 0. The Balaban J connectivity index is 0.00000144. The van der Waals surface area contributed by atoms with Gasteiger partial charge in [0.1, 0.15) is 6.26 Å². The second-order valence-corrected chi connectivity index (χ2v) is 2.74. The molecule has 1 unspecified atom stereocenters. The van der Waals surface area contributed by atoms with Crippen LogP contribution in [0.15, 0.2) is 43.2 Å². The molecule has 1 atom stereocenters. The van der Waals surface area contributed by atoms with Crippen molar-refractivity contribution >= 4 is 37.8 Å². The molecule has 0 heterocycles. The summed E-state index contributed by atoms with van der Waals surface area (Å²) in [4.78, 5) is 0. The molecule has 1 aromatic carbocycles.